The van der Waals surface area contributed by atoms with Gasteiger partial charge in [-0.3, -0.25) is 4.79 Å². The lowest BCUT2D eigenvalue weighted by atomic mass is 10.1. The number of carbonyl (C=O) groups excluding carboxylic acids is 1. The van der Waals surface area contributed by atoms with Crippen molar-refractivity contribution in [3.63, 3.8) is 0 Å². The van der Waals surface area contributed by atoms with E-state index in [0.717, 1.165) is 24.2 Å². The van der Waals surface area contributed by atoms with Crippen molar-refractivity contribution in [2.75, 3.05) is 38.8 Å². The first kappa shape index (κ1) is 21.3. The number of methoxy groups -OCH3 is 1. The highest BCUT2D eigenvalue weighted by Crippen LogP contribution is 2.29. The normalized spacial score (nSPS) is 13.3. The maximum atomic E-state index is 12.6. The molecule has 0 spiro atoms. The lowest BCUT2D eigenvalue weighted by Crippen LogP contribution is -2.26. The predicted octanol–water partition coefficient (Wildman–Crippen LogP) is 3.87. The molecule has 1 amide bonds. The summed E-state index contributed by atoms with van der Waals surface area (Å²) in [5, 5.41) is 8.66. The Hall–Kier alpha value is -3.46. The van der Waals surface area contributed by atoms with Gasteiger partial charge in [-0.05, 0) is 48.2 Å². The third-order valence-electron chi connectivity index (χ3n) is 5.12. The number of rotatable bonds is 8. The molecular weight excluding hydrogens is 378 g/mol. The van der Waals surface area contributed by atoms with E-state index in [1.165, 1.54) is 18.5 Å². The van der Waals surface area contributed by atoms with Gasteiger partial charge in [0.1, 0.15) is 6.07 Å². The number of nitriles is 1. The van der Waals surface area contributed by atoms with Gasteiger partial charge < -0.3 is 19.3 Å². The van der Waals surface area contributed by atoms with Gasteiger partial charge in [0.25, 0.3) is 0 Å². The smallest absolute Gasteiger partial charge is 0.246 e. The van der Waals surface area contributed by atoms with Gasteiger partial charge in [-0.1, -0.05) is 24.3 Å². The van der Waals surface area contributed by atoms with Gasteiger partial charge >= 0.3 is 0 Å². The molecule has 1 fully saturated rings. The second kappa shape index (κ2) is 10.4. The van der Waals surface area contributed by atoms with E-state index in [-0.39, 0.29) is 12.5 Å². The van der Waals surface area contributed by atoms with Gasteiger partial charge in [-0.2, -0.15) is 5.26 Å². The number of para-hydroxylation sites is 1. The van der Waals surface area contributed by atoms with Crippen molar-refractivity contribution in [1.82, 2.24) is 4.90 Å². The summed E-state index contributed by atoms with van der Waals surface area (Å²) in [7, 11) is 3.35. The van der Waals surface area contributed by atoms with Crippen LogP contribution in [-0.2, 0) is 11.3 Å². The van der Waals surface area contributed by atoms with Crippen LogP contribution in [0.5, 0.6) is 11.5 Å². The second-order valence-electron chi connectivity index (χ2n) is 7.21. The monoisotopic (exact) mass is 405 g/mol. The molecular formula is C24H27N3O3. The average molecular weight is 405 g/mol. The van der Waals surface area contributed by atoms with Crippen molar-refractivity contribution in [3.8, 4) is 17.6 Å². The van der Waals surface area contributed by atoms with E-state index in [0.29, 0.717) is 18.0 Å². The minimum atomic E-state index is -0.0741. The lowest BCUT2D eigenvalue weighted by Gasteiger charge is -2.24. The highest BCUT2D eigenvalue weighted by atomic mass is 16.5. The summed E-state index contributed by atoms with van der Waals surface area (Å²) in [6.45, 7) is 2.66. The molecule has 1 aliphatic rings. The predicted molar refractivity (Wildman–Crippen MR) is 117 cm³/mol. The van der Waals surface area contributed by atoms with E-state index in [4.69, 9.17) is 14.7 Å². The number of hydrogen-bond donors (Lipinski definition) is 0. The average Bonchev–Trinajstić information content (AvgIpc) is 3.31. The van der Waals surface area contributed by atoms with Gasteiger partial charge in [-0.25, -0.2) is 0 Å². The molecule has 1 saturated heterocycles. The highest BCUT2D eigenvalue weighted by Gasteiger charge is 2.17. The molecule has 6 nitrogen and oxygen atoms in total. The largest absolute Gasteiger partial charge is 0.493 e. The molecule has 0 aliphatic carbocycles. The minimum absolute atomic E-state index is 0.0479. The summed E-state index contributed by atoms with van der Waals surface area (Å²) in [5.41, 5.74) is 3.19. The van der Waals surface area contributed by atoms with Gasteiger partial charge in [0.2, 0.25) is 5.91 Å². The molecule has 2 aromatic carbocycles. The van der Waals surface area contributed by atoms with Gasteiger partial charge in [0, 0.05) is 38.4 Å². The quantitative estimate of drug-likeness (QED) is 0.624. The summed E-state index contributed by atoms with van der Waals surface area (Å²) in [6, 6.07) is 15.6. The number of anilines is 1. The molecule has 2 aromatic rings. The van der Waals surface area contributed by atoms with Crippen LogP contribution in [0.15, 0.2) is 48.5 Å². The number of nitrogens with zero attached hydrogens (tertiary/aromatic N) is 3. The van der Waals surface area contributed by atoms with Crippen molar-refractivity contribution >= 4 is 17.7 Å². The molecule has 156 valence electrons. The van der Waals surface area contributed by atoms with Crippen LogP contribution in [0, 0.1) is 11.3 Å². The van der Waals surface area contributed by atoms with Crippen molar-refractivity contribution in [3.05, 3.63) is 59.7 Å². The van der Waals surface area contributed by atoms with Gasteiger partial charge in [0.05, 0.1) is 7.11 Å². The SMILES string of the molecule is COc1cc(/C=C/C(=O)N(C)Cc2ccccc2N2CCCC2)ccc1OCC#N. The standard InChI is InChI=1S/C24H27N3O3/c1-26(18-20-7-3-4-8-21(20)27-14-5-6-15-27)24(28)12-10-19-9-11-22(30-16-13-25)23(17-19)29-2/h3-4,7-12,17H,5-6,14-16,18H2,1-2H3/b12-10+. The number of benzene rings is 2. The van der Waals surface area contributed by atoms with Crippen molar-refractivity contribution in [2.45, 2.75) is 19.4 Å². The van der Waals surface area contributed by atoms with Crippen molar-refractivity contribution in [1.29, 1.82) is 5.26 Å². The molecule has 0 bridgehead atoms. The lowest BCUT2D eigenvalue weighted by molar-refractivity contribution is -0.125. The maximum absolute atomic E-state index is 12.6. The van der Waals surface area contributed by atoms with Crippen LogP contribution in [-0.4, -0.2) is 44.7 Å². The molecule has 3 rings (SSSR count). The van der Waals surface area contributed by atoms with E-state index in [1.807, 2.05) is 25.2 Å². The highest BCUT2D eigenvalue weighted by molar-refractivity contribution is 5.91. The molecule has 0 aromatic heterocycles. The topological polar surface area (TPSA) is 65.8 Å². The molecule has 0 N–H and O–H groups in total. The fraction of sp³-hybridized carbons (Fsp3) is 0.333. The van der Waals surface area contributed by atoms with E-state index in [2.05, 4.69) is 23.1 Å². The zero-order valence-corrected chi connectivity index (χ0v) is 17.5. The molecule has 1 heterocycles. The zero-order chi connectivity index (χ0) is 21.3. The Balaban J connectivity index is 1.66. The van der Waals surface area contributed by atoms with Crippen LogP contribution in [0.2, 0.25) is 0 Å². The van der Waals surface area contributed by atoms with Gasteiger partial charge in [0.15, 0.2) is 18.1 Å². The van der Waals surface area contributed by atoms with Crippen LogP contribution < -0.4 is 14.4 Å². The Morgan fingerprint density at radius 1 is 1.20 bits per heavy atom. The van der Waals surface area contributed by atoms with E-state index < -0.39 is 0 Å². The van der Waals surface area contributed by atoms with Crippen molar-refractivity contribution < 1.29 is 14.3 Å². The maximum Gasteiger partial charge on any atom is 0.246 e. The number of amides is 1. The molecule has 1 aliphatic heterocycles. The number of ether oxygens (including phenoxy) is 2. The van der Waals surface area contributed by atoms with E-state index >= 15 is 0 Å². The number of hydrogen-bond acceptors (Lipinski definition) is 5. The Bertz CT molecular complexity index is 943. The Morgan fingerprint density at radius 2 is 1.97 bits per heavy atom. The van der Waals surface area contributed by atoms with Crippen LogP contribution in [0.4, 0.5) is 5.69 Å². The molecule has 0 saturated carbocycles. The summed E-state index contributed by atoms with van der Waals surface area (Å²) in [4.78, 5) is 16.8. The first-order chi connectivity index (χ1) is 14.6. The van der Waals surface area contributed by atoms with Gasteiger partial charge in [-0.15, -0.1) is 0 Å². The summed E-state index contributed by atoms with van der Waals surface area (Å²) < 4.78 is 10.6. The fourth-order valence-electron chi connectivity index (χ4n) is 3.56. The van der Waals surface area contributed by atoms with E-state index in [1.54, 1.807) is 36.3 Å². The Kier molecular flexibility index (Phi) is 7.34. The fourth-order valence-corrected chi connectivity index (χ4v) is 3.56. The molecule has 0 radical (unpaired) electrons. The first-order valence-corrected chi connectivity index (χ1v) is 10.1. The van der Waals surface area contributed by atoms with Crippen LogP contribution in [0.3, 0.4) is 0 Å². The number of likely N-dealkylation sites (N-methyl/N-ethyl adjacent to an activating group) is 1. The van der Waals surface area contributed by atoms with Crippen molar-refractivity contribution in [2.24, 2.45) is 0 Å². The summed E-state index contributed by atoms with van der Waals surface area (Å²) >= 11 is 0. The molecule has 0 atom stereocenters. The first-order valence-electron chi connectivity index (χ1n) is 10.1. The molecule has 6 heteroatoms. The molecule has 0 unspecified atom stereocenters. The van der Waals surface area contributed by atoms with Crippen LogP contribution in [0.25, 0.3) is 6.08 Å². The van der Waals surface area contributed by atoms with Crippen LogP contribution in [0.1, 0.15) is 24.0 Å². The zero-order valence-electron chi connectivity index (χ0n) is 17.5. The number of carbonyl (C=O) groups is 1. The third kappa shape index (κ3) is 5.32. The van der Waals surface area contributed by atoms with E-state index in [9.17, 15) is 4.79 Å². The Labute approximate surface area is 177 Å². The minimum Gasteiger partial charge on any atom is -0.493 e. The third-order valence-corrected chi connectivity index (χ3v) is 5.12. The summed E-state index contributed by atoms with van der Waals surface area (Å²) in [6.07, 6.45) is 5.75. The Morgan fingerprint density at radius 3 is 2.70 bits per heavy atom. The van der Waals surface area contributed by atoms with Crippen LogP contribution >= 0.6 is 0 Å². The molecule has 30 heavy (non-hydrogen) atoms. The summed E-state index contributed by atoms with van der Waals surface area (Å²) in [5.74, 6) is 0.945. The second-order valence-corrected chi connectivity index (χ2v) is 7.21.